The van der Waals surface area contributed by atoms with Crippen molar-refractivity contribution in [1.29, 1.82) is 0 Å². The molecule has 1 saturated carbocycles. The summed E-state index contributed by atoms with van der Waals surface area (Å²) >= 11 is 0. The fourth-order valence-electron chi connectivity index (χ4n) is 4.00. The van der Waals surface area contributed by atoms with Gasteiger partial charge in [0.25, 0.3) is 0 Å². The summed E-state index contributed by atoms with van der Waals surface area (Å²) in [5, 5.41) is 0. The molecule has 2 nitrogen and oxygen atoms in total. The van der Waals surface area contributed by atoms with Crippen LogP contribution in [0.5, 0.6) is 0 Å². The molecule has 0 unspecified atom stereocenters. The van der Waals surface area contributed by atoms with Crippen molar-refractivity contribution >= 4 is 0 Å². The second-order valence-corrected chi connectivity index (χ2v) is 6.75. The van der Waals surface area contributed by atoms with Crippen molar-refractivity contribution in [3.05, 3.63) is 78.5 Å². The fraction of sp³-hybridized carbons (Fsp3) is 0.381. The van der Waals surface area contributed by atoms with Gasteiger partial charge >= 0.3 is 0 Å². The summed E-state index contributed by atoms with van der Waals surface area (Å²) in [4.78, 5) is 4.92. The monoisotopic (exact) mass is 304 g/mol. The van der Waals surface area contributed by atoms with Gasteiger partial charge in [-0.3, -0.25) is 9.80 Å². The van der Waals surface area contributed by atoms with Crippen LogP contribution in [-0.4, -0.2) is 21.9 Å². The third kappa shape index (κ3) is 3.34. The molecule has 0 amide bonds. The highest BCUT2D eigenvalue weighted by Crippen LogP contribution is 2.36. The predicted molar refractivity (Wildman–Crippen MR) is 93.3 cm³/mol. The van der Waals surface area contributed by atoms with Gasteiger partial charge < -0.3 is 0 Å². The summed E-state index contributed by atoms with van der Waals surface area (Å²) in [6.45, 7) is 5.66. The Balaban J connectivity index is 1.50. The van der Waals surface area contributed by atoms with E-state index in [4.69, 9.17) is 0 Å². The molecule has 1 saturated heterocycles. The van der Waals surface area contributed by atoms with Gasteiger partial charge in [-0.2, -0.15) is 0 Å². The zero-order valence-electron chi connectivity index (χ0n) is 13.6. The van der Waals surface area contributed by atoms with Gasteiger partial charge in [-0.15, -0.1) is 0 Å². The molecular formula is C21H24N2. The van der Waals surface area contributed by atoms with Crippen LogP contribution in [0.4, 0.5) is 0 Å². The zero-order chi connectivity index (χ0) is 15.5. The number of hydrogen-bond donors (Lipinski definition) is 0. The molecule has 2 fully saturated rings. The molecule has 1 aliphatic heterocycles. The van der Waals surface area contributed by atoms with Gasteiger partial charge in [0.1, 0.15) is 6.67 Å². The maximum Gasteiger partial charge on any atom is 0.147 e. The van der Waals surface area contributed by atoms with Crippen LogP contribution in [0.15, 0.2) is 60.7 Å². The Labute approximate surface area is 139 Å². The molecule has 2 aromatic rings. The molecule has 1 aliphatic carbocycles. The molecule has 2 atom stereocenters. The summed E-state index contributed by atoms with van der Waals surface area (Å²) in [5.74, 6) is 0. The van der Waals surface area contributed by atoms with Crippen LogP contribution < -0.4 is 0 Å². The fourth-order valence-corrected chi connectivity index (χ4v) is 4.00. The van der Waals surface area contributed by atoms with Gasteiger partial charge in [-0.05, 0) is 24.0 Å². The molecule has 23 heavy (non-hydrogen) atoms. The van der Waals surface area contributed by atoms with Crippen LogP contribution in [0.2, 0.25) is 0 Å². The van der Waals surface area contributed by atoms with Gasteiger partial charge in [0.15, 0.2) is 0 Å². The molecule has 2 radical (unpaired) electrons. The summed E-state index contributed by atoms with van der Waals surface area (Å²) < 4.78 is 0. The molecule has 0 bridgehead atoms. The van der Waals surface area contributed by atoms with Crippen molar-refractivity contribution in [2.45, 2.75) is 50.9 Å². The summed E-state index contributed by atoms with van der Waals surface area (Å²) in [6, 6.07) is 22.9. The Kier molecular flexibility index (Phi) is 4.45. The highest BCUT2D eigenvalue weighted by atomic mass is 15.4. The molecule has 118 valence electrons. The molecular weight excluding hydrogens is 280 g/mol. The van der Waals surface area contributed by atoms with Crippen molar-refractivity contribution < 1.29 is 0 Å². The van der Waals surface area contributed by atoms with Crippen LogP contribution in [0.3, 0.4) is 0 Å². The van der Waals surface area contributed by atoms with E-state index in [1.165, 1.54) is 36.8 Å². The SMILES string of the molecule is [C]1N(Cc2ccccc2)[C@H]2CCCC[C@@H]2N1Cc1ccccc1. The first kappa shape index (κ1) is 14.9. The molecule has 2 heteroatoms. The van der Waals surface area contributed by atoms with Crippen LogP contribution in [-0.2, 0) is 13.1 Å². The lowest BCUT2D eigenvalue weighted by Gasteiger charge is -2.32. The minimum atomic E-state index is 0.632. The lowest BCUT2D eigenvalue weighted by atomic mass is 9.90. The normalized spacial score (nSPS) is 25.4. The average molecular weight is 304 g/mol. The van der Waals surface area contributed by atoms with E-state index in [0.717, 1.165) is 13.1 Å². The molecule has 0 N–H and O–H groups in total. The van der Waals surface area contributed by atoms with E-state index < -0.39 is 0 Å². The summed E-state index contributed by atoms with van der Waals surface area (Å²) in [7, 11) is 0. The van der Waals surface area contributed by atoms with Crippen molar-refractivity contribution in [2.75, 3.05) is 0 Å². The Hall–Kier alpha value is -1.64. The number of nitrogens with zero attached hydrogens (tertiary/aromatic N) is 2. The molecule has 0 spiro atoms. The average Bonchev–Trinajstić information content (AvgIpc) is 2.95. The van der Waals surface area contributed by atoms with E-state index in [0.29, 0.717) is 12.1 Å². The second kappa shape index (κ2) is 6.86. The first-order valence-electron chi connectivity index (χ1n) is 8.77. The van der Waals surface area contributed by atoms with Crippen molar-refractivity contribution in [1.82, 2.24) is 9.80 Å². The Bertz CT molecular complexity index is 555. The van der Waals surface area contributed by atoms with Crippen LogP contribution >= 0.6 is 0 Å². The third-order valence-corrected chi connectivity index (χ3v) is 5.14. The molecule has 1 heterocycles. The summed E-state index contributed by atoms with van der Waals surface area (Å²) in [5.41, 5.74) is 2.76. The van der Waals surface area contributed by atoms with E-state index in [2.05, 4.69) is 77.1 Å². The van der Waals surface area contributed by atoms with Gasteiger partial charge in [0.05, 0.1) is 0 Å². The minimum absolute atomic E-state index is 0.632. The summed E-state index contributed by atoms with van der Waals surface area (Å²) in [6.07, 6.45) is 5.31. The van der Waals surface area contributed by atoms with E-state index in [1.807, 2.05) is 0 Å². The van der Waals surface area contributed by atoms with Crippen molar-refractivity contribution in [3.8, 4) is 0 Å². The molecule has 2 aromatic carbocycles. The van der Waals surface area contributed by atoms with E-state index in [1.54, 1.807) is 0 Å². The standard InChI is InChI=1S/C21H24N2/c1-3-9-18(10-4-1)15-22-17-23(16-19-11-5-2-6-12-19)21-14-8-7-13-20(21)22/h1-6,9-12,20-21H,7-8,13-16H2/t20-,21-/m0/s1. The van der Waals surface area contributed by atoms with E-state index in [-0.39, 0.29) is 0 Å². The highest BCUT2D eigenvalue weighted by Gasteiger charge is 2.41. The zero-order valence-corrected chi connectivity index (χ0v) is 13.6. The molecule has 4 rings (SSSR count). The number of hydrogen-bond acceptors (Lipinski definition) is 2. The maximum atomic E-state index is 3.70. The quantitative estimate of drug-likeness (QED) is 0.830. The number of fused-ring (bicyclic) bond motifs is 1. The van der Waals surface area contributed by atoms with Crippen LogP contribution in [0.25, 0.3) is 0 Å². The van der Waals surface area contributed by atoms with Crippen molar-refractivity contribution in [2.24, 2.45) is 0 Å². The predicted octanol–water partition coefficient (Wildman–Crippen LogP) is 4.31. The smallest absolute Gasteiger partial charge is 0.147 e. The topological polar surface area (TPSA) is 6.48 Å². The Morgan fingerprint density at radius 3 is 1.57 bits per heavy atom. The van der Waals surface area contributed by atoms with Gasteiger partial charge in [-0.1, -0.05) is 73.5 Å². The van der Waals surface area contributed by atoms with Crippen LogP contribution in [0.1, 0.15) is 36.8 Å². The van der Waals surface area contributed by atoms with Gasteiger partial charge in [0, 0.05) is 25.2 Å². The lowest BCUT2D eigenvalue weighted by molar-refractivity contribution is 0.197. The number of benzene rings is 2. The molecule has 0 aromatic heterocycles. The first-order valence-corrected chi connectivity index (χ1v) is 8.77. The second-order valence-electron chi connectivity index (χ2n) is 6.75. The third-order valence-electron chi connectivity index (χ3n) is 5.14. The Morgan fingerprint density at radius 2 is 1.13 bits per heavy atom. The highest BCUT2D eigenvalue weighted by molar-refractivity contribution is 5.18. The minimum Gasteiger partial charge on any atom is -0.271 e. The van der Waals surface area contributed by atoms with E-state index >= 15 is 0 Å². The molecule has 2 aliphatic rings. The number of rotatable bonds is 4. The van der Waals surface area contributed by atoms with Gasteiger partial charge in [0.2, 0.25) is 0 Å². The van der Waals surface area contributed by atoms with Crippen LogP contribution in [0, 0.1) is 6.67 Å². The first-order chi connectivity index (χ1) is 11.4. The van der Waals surface area contributed by atoms with E-state index in [9.17, 15) is 0 Å². The largest absolute Gasteiger partial charge is 0.271 e. The lowest BCUT2D eigenvalue weighted by Crippen LogP contribution is -2.39. The van der Waals surface area contributed by atoms with Gasteiger partial charge in [-0.25, -0.2) is 0 Å². The maximum absolute atomic E-state index is 3.70. The van der Waals surface area contributed by atoms with Crippen molar-refractivity contribution in [3.63, 3.8) is 0 Å². The Morgan fingerprint density at radius 1 is 0.696 bits per heavy atom.